The summed E-state index contributed by atoms with van der Waals surface area (Å²) in [5.74, 6) is 0.189. The summed E-state index contributed by atoms with van der Waals surface area (Å²) in [6, 6.07) is 8.70. The van der Waals surface area contributed by atoms with Crippen LogP contribution in [0.25, 0.3) is 22.0 Å². The Morgan fingerprint density at radius 1 is 1.04 bits per heavy atom. The predicted octanol–water partition coefficient (Wildman–Crippen LogP) is 3.93. The fraction of sp³-hybridized carbons (Fsp3) is 0.344. The van der Waals surface area contributed by atoms with E-state index in [0.29, 0.717) is 40.0 Å². The molecule has 1 saturated heterocycles. The van der Waals surface area contributed by atoms with Crippen molar-refractivity contribution in [2.45, 2.75) is 65.2 Å². The molecule has 0 bridgehead atoms. The summed E-state index contributed by atoms with van der Waals surface area (Å²) in [5.41, 5.74) is 3.94. The molecule has 1 aromatic carbocycles. The lowest BCUT2D eigenvalue weighted by atomic mass is 9.94. The van der Waals surface area contributed by atoms with Gasteiger partial charge in [-0.05, 0) is 71.9 Å². The summed E-state index contributed by atoms with van der Waals surface area (Å²) in [4.78, 5) is 59.7. The van der Waals surface area contributed by atoms with E-state index in [9.17, 15) is 14.4 Å². The molecule has 228 valence electrons. The number of amides is 1. The molecule has 45 heavy (non-hydrogen) atoms. The summed E-state index contributed by atoms with van der Waals surface area (Å²) in [5, 5.41) is 9.52. The average Bonchev–Trinajstić information content (AvgIpc) is 3.34. The minimum absolute atomic E-state index is 0.0538. The summed E-state index contributed by atoms with van der Waals surface area (Å²) in [7, 11) is 0. The van der Waals surface area contributed by atoms with Gasteiger partial charge in [-0.1, -0.05) is 12.1 Å². The molecule has 1 aliphatic carbocycles. The van der Waals surface area contributed by atoms with Crippen molar-refractivity contribution in [1.82, 2.24) is 44.4 Å². The minimum atomic E-state index is -0.609. The smallest absolute Gasteiger partial charge is 0.245 e. The molecule has 0 N–H and O–H groups in total. The fourth-order valence-corrected chi connectivity index (χ4v) is 6.97. The van der Waals surface area contributed by atoms with Crippen LogP contribution in [-0.4, -0.2) is 74.0 Å². The van der Waals surface area contributed by atoms with E-state index in [2.05, 4.69) is 46.1 Å². The number of fused-ring (bicyclic) bond motifs is 2. The number of piperidine rings is 1. The van der Waals surface area contributed by atoms with E-state index in [1.165, 1.54) is 13.3 Å². The number of hydrogen-bond donors (Lipinski definition) is 0. The molecule has 13 heteroatoms. The van der Waals surface area contributed by atoms with Crippen LogP contribution in [0.1, 0.15) is 47.3 Å². The van der Waals surface area contributed by atoms with E-state index < -0.39 is 6.04 Å². The van der Waals surface area contributed by atoms with Crippen LogP contribution < -0.4 is 0 Å². The third-order valence-corrected chi connectivity index (χ3v) is 9.46. The van der Waals surface area contributed by atoms with E-state index in [1.807, 2.05) is 44.2 Å². The molecule has 2 fully saturated rings. The standard InChI is InChI=1S/C32H30BrN9O3/c1-18-4-7-29(33)38-24(18)9-27(44)26-10-32(15-40-17-34-16-37-40)11-28(32)42(26)30(45)14-41-25-6-5-21(22-12-35-20(3)36-13-22)8-23(25)31(39-41)19(2)43/h4-8,12-13,16-17,26,28H,9-11,14-15H2,1-3H3/t26-,28+,32-/m0/s1. The highest BCUT2D eigenvalue weighted by molar-refractivity contribution is 9.10. The molecule has 5 heterocycles. The Labute approximate surface area is 267 Å². The largest absolute Gasteiger partial charge is 0.327 e. The van der Waals surface area contributed by atoms with Crippen LogP contribution in [0.2, 0.25) is 0 Å². The molecule has 5 aromatic rings. The summed E-state index contributed by atoms with van der Waals surface area (Å²) in [6.45, 7) is 5.68. The first-order chi connectivity index (χ1) is 21.6. The number of carbonyl (C=O) groups excluding carboxylic acids is 3. The first-order valence-electron chi connectivity index (χ1n) is 14.7. The van der Waals surface area contributed by atoms with Gasteiger partial charge in [0.1, 0.15) is 35.3 Å². The number of aromatic nitrogens is 8. The number of hydrogen-bond acceptors (Lipinski definition) is 9. The summed E-state index contributed by atoms with van der Waals surface area (Å²) in [6.07, 6.45) is 8.06. The van der Waals surface area contributed by atoms with Crippen molar-refractivity contribution >= 4 is 44.3 Å². The maximum absolute atomic E-state index is 14.2. The maximum atomic E-state index is 14.2. The Hall–Kier alpha value is -4.65. The normalized spacial score (nSPS) is 20.4. The number of ketones is 2. The second-order valence-corrected chi connectivity index (χ2v) is 12.9. The van der Waals surface area contributed by atoms with Gasteiger partial charge in [-0.25, -0.2) is 19.9 Å². The molecular weight excluding hydrogens is 638 g/mol. The highest BCUT2D eigenvalue weighted by atomic mass is 79.9. The Kier molecular flexibility index (Phi) is 7.15. The van der Waals surface area contributed by atoms with Crippen LogP contribution in [-0.2, 0) is 29.1 Å². The van der Waals surface area contributed by atoms with Gasteiger partial charge in [0.15, 0.2) is 11.6 Å². The Balaban J connectivity index is 1.20. The lowest BCUT2D eigenvalue weighted by Crippen LogP contribution is -2.45. The van der Waals surface area contributed by atoms with Crippen LogP contribution in [0.5, 0.6) is 0 Å². The molecule has 7 rings (SSSR count). The average molecular weight is 669 g/mol. The van der Waals surface area contributed by atoms with Crippen molar-refractivity contribution in [1.29, 1.82) is 0 Å². The first-order valence-corrected chi connectivity index (χ1v) is 15.5. The van der Waals surface area contributed by atoms with E-state index in [-0.39, 0.29) is 47.6 Å². The zero-order chi connectivity index (χ0) is 31.5. The number of aryl methyl sites for hydroxylation is 2. The lowest BCUT2D eigenvalue weighted by molar-refractivity contribution is -0.139. The highest BCUT2D eigenvalue weighted by Crippen LogP contribution is 2.60. The van der Waals surface area contributed by atoms with Crippen molar-refractivity contribution in [3.63, 3.8) is 0 Å². The minimum Gasteiger partial charge on any atom is -0.327 e. The maximum Gasteiger partial charge on any atom is 0.245 e. The summed E-state index contributed by atoms with van der Waals surface area (Å²) >= 11 is 3.41. The van der Waals surface area contributed by atoms with Crippen LogP contribution in [0, 0.1) is 19.3 Å². The van der Waals surface area contributed by atoms with Gasteiger partial charge in [0.2, 0.25) is 5.91 Å². The molecular formula is C32H30BrN9O3. The Morgan fingerprint density at radius 2 is 1.84 bits per heavy atom. The van der Waals surface area contributed by atoms with Crippen molar-refractivity contribution in [3.05, 3.63) is 82.8 Å². The topological polar surface area (TPSA) is 142 Å². The Morgan fingerprint density at radius 3 is 2.58 bits per heavy atom. The second-order valence-electron chi connectivity index (χ2n) is 12.1. The second kappa shape index (κ2) is 11.1. The van der Waals surface area contributed by atoms with Gasteiger partial charge in [-0.2, -0.15) is 10.2 Å². The molecule has 4 aromatic heterocycles. The van der Waals surface area contributed by atoms with E-state index in [4.69, 9.17) is 0 Å². The van der Waals surface area contributed by atoms with Crippen molar-refractivity contribution < 1.29 is 14.4 Å². The van der Waals surface area contributed by atoms with Crippen LogP contribution in [0.15, 0.2) is 60.0 Å². The molecule has 1 aliphatic heterocycles. The Bertz CT molecular complexity index is 1970. The van der Waals surface area contributed by atoms with Crippen LogP contribution >= 0.6 is 15.9 Å². The molecule has 1 saturated carbocycles. The molecule has 0 radical (unpaired) electrons. The number of likely N-dealkylation sites (tertiary alicyclic amines) is 1. The first kappa shape index (κ1) is 29.1. The zero-order valence-corrected chi connectivity index (χ0v) is 26.6. The van der Waals surface area contributed by atoms with Gasteiger partial charge in [0.05, 0.1) is 30.2 Å². The molecule has 0 unspecified atom stereocenters. The van der Waals surface area contributed by atoms with Crippen LogP contribution in [0.4, 0.5) is 0 Å². The zero-order valence-electron chi connectivity index (χ0n) is 25.0. The monoisotopic (exact) mass is 667 g/mol. The lowest BCUT2D eigenvalue weighted by Gasteiger charge is -2.27. The van der Waals surface area contributed by atoms with Gasteiger partial charge in [-0.3, -0.25) is 23.7 Å². The third kappa shape index (κ3) is 5.34. The quantitative estimate of drug-likeness (QED) is 0.169. The van der Waals surface area contributed by atoms with Gasteiger partial charge in [0.25, 0.3) is 0 Å². The van der Waals surface area contributed by atoms with Gasteiger partial charge in [0, 0.05) is 41.7 Å². The number of pyridine rings is 1. The molecule has 0 spiro atoms. The third-order valence-electron chi connectivity index (χ3n) is 9.01. The van der Waals surface area contributed by atoms with E-state index >= 15 is 0 Å². The number of benzene rings is 1. The number of Topliss-reactive ketones (excluding diaryl/α,β-unsaturated/α-hetero) is 2. The SMILES string of the molecule is CC(=O)c1nn(CC(=O)N2[C@H](C(=O)Cc3nc(Br)ccc3C)C[C@@]3(Cn4cncn4)C[C@@H]23)c2ccc(-c3cnc(C)nc3)cc12. The van der Waals surface area contributed by atoms with Gasteiger partial charge < -0.3 is 4.90 Å². The van der Waals surface area contributed by atoms with E-state index in [1.54, 1.807) is 33.0 Å². The number of halogens is 1. The highest BCUT2D eigenvalue weighted by Gasteiger charge is 2.67. The summed E-state index contributed by atoms with van der Waals surface area (Å²) < 4.78 is 4.00. The molecule has 1 amide bonds. The number of nitrogens with zero attached hydrogens (tertiary/aromatic N) is 9. The number of rotatable bonds is 9. The van der Waals surface area contributed by atoms with Crippen molar-refractivity contribution in [2.75, 3.05) is 0 Å². The molecule has 12 nitrogen and oxygen atoms in total. The molecule has 3 atom stereocenters. The van der Waals surface area contributed by atoms with Crippen molar-refractivity contribution in [2.24, 2.45) is 5.41 Å². The van der Waals surface area contributed by atoms with Crippen molar-refractivity contribution in [3.8, 4) is 11.1 Å². The predicted molar refractivity (Wildman–Crippen MR) is 167 cm³/mol. The van der Waals surface area contributed by atoms with E-state index in [0.717, 1.165) is 23.1 Å². The van der Waals surface area contributed by atoms with Gasteiger partial charge in [-0.15, -0.1) is 0 Å². The number of carbonyl (C=O) groups is 3. The molecule has 2 aliphatic rings. The van der Waals surface area contributed by atoms with Gasteiger partial charge >= 0.3 is 0 Å². The fourth-order valence-electron chi connectivity index (χ4n) is 6.62. The van der Waals surface area contributed by atoms with Crippen LogP contribution in [0.3, 0.4) is 0 Å².